The lowest BCUT2D eigenvalue weighted by atomic mass is 10.0. The van der Waals surface area contributed by atoms with Crippen molar-refractivity contribution < 1.29 is 13.9 Å². The molecular weight excluding hydrogens is 342 g/mol. The maximum Gasteiger partial charge on any atom is 0.225 e. The number of carbonyl (C=O) groups excluding carboxylic acids is 1. The van der Waals surface area contributed by atoms with Crippen LogP contribution in [0.2, 0.25) is 10.0 Å². The average molecular weight is 361 g/mol. The van der Waals surface area contributed by atoms with E-state index in [0.29, 0.717) is 30.3 Å². The van der Waals surface area contributed by atoms with Crippen molar-refractivity contribution in [3.8, 4) is 0 Å². The molecule has 3 rings (SSSR count). The third-order valence-electron chi connectivity index (χ3n) is 4.59. The Balaban J connectivity index is 1.73. The van der Waals surface area contributed by atoms with Gasteiger partial charge in [0.2, 0.25) is 5.91 Å². The molecule has 1 aromatic rings. The first kappa shape index (κ1) is 17.0. The van der Waals surface area contributed by atoms with Crippen LogP contribution >= 0.6 is 23.2 Å². The minimum absolute atomic E-state index is 0.0128. The molecule has 126 valence electrons. The van der Waals surface area contributed by atoms with Crippen LogP contribution in [-0.4, -0.2) is 36.5 Å². The van der Waals surface area contributed by atoms with Gasteiger partial charge < -0.3 is 15.4 Å². The van der Waals surface area contributed by atoms with Crippen LogP contribution in [-0.2, 0) is 9.53 Å². The first-order chi connectivity index (χ1) is 11.0. The second-order valence-corrected chi connectivity index (χ2v) is 7.02. The number of carbonyl (C=O) groups is 1. The zero-order valence-corrected chi connectivity index (χ0v) is 14.1. The molecule has 7 heteroatoms. The Morgan fingerprint density at radius 2 is 2.09 bits per heavy atom. The smallest absolute Gasteiger partial charge is 0.225 e. The summed E-state index contributed by atoms with van der Waals surface area (Å²) in [5.74, 6) is -0.446. The molecule has 1 aromatic carbocycles. The van der Waals surface area contributed by atoms with Crippen molar-refractivity contribution in [2.24, 2.45) is 11.7 Å². The molecule has 1 saturated carbocycles. The predicted octanol–water partition coefficient (Wildman–Crippen LogP) is 3.16. The molecule has 3 atom stereocenters. The van der Waals surface area contributed by atoms with E-state index in [1.807, 2.05) is 0 Å². The Hall–Kier alpha value is -0.880. The molecule has 1 amide bonds. The number of nitrogens with zero attached hydrogens (tertiary/aromatic N) is 1. The van der Waals surface area contributed by atoms with Crippen LogP contribution in [0.3, 0.4) is 0 Å². The van der Waals surface area contributed by atoms with Gasteiger partial charge in [0.15, 0.2) is 0 Å². The van der Waals surface area contributed by atoms with Crippen LogP contribution in [0.5, 0.6) is 0 Å². The molecular formula is C16H19Cl2FN2O2. The van der Waals surface area contributed by atoms with Gasteiger partial charge in [-0.05, 0) is 31.4 Å². The maximum absolute atomic E-state index is 13.7. The van der Waals surface area contributed by atoms with E-state index in [9.17, 15) is 9.18 Å². The van der Waals surface area contributed by atoms with Gasteiger partial charge in [-0.25, -0.2) is 4.39 Å². The van der Waals surface area contributed by atoms with E-state index in [-0.39, 0.29) is 22.9 Å². The monoisotopic (exact) mass is 360 g/mol. The second kappa shape index (κ2) is 6.93. The molecule has 1 heterocycles. The van der Waals surface area contributed by atoms with E-state index >= 15 is 0 Å². The van der Waals surface area contributed by atoms with E-state index in [0.717, 1.165) is 19.3 Å². The summed E-state index contributed by atoms with van der Waals surface area (Å²) in [6.45, 7) is 1.30. The zero-order chi connectivity index (χ0) is 16.6. The molecule has 2 aliphatic rings. The van der Waals surface area contributed by atoms with Crippen LogP contribution in [0.1, 0.15) is 30.9 Å². The normalized spacial score (nSPS) is 28.2. The van der Waals surface area contributed by atoms with Crippen molar-refractivity contribution in [3.63, 3.8) is 0 Å². The number of morpholine rings is 1. The third-order valence-corrected chi connectivity index (χ3v) is 5.20. The van der Waals surface area contributed by atoms with E-state index < -0.39 is 11.9 Å². The van der Waals surface area contributed by atoms with Crippen LogP contribution in [0.25, 0.3) is 0 Å². The van der Waals surface area contributed by atoms with Crippen molar-refractivity contribution in [2.45, 2.75) is 31.4 Å². The van der Waals surface area contributed by atoms with Gasteiger partial charge in [-0.2, -0.15) is 0 Å². The molecule has 1 saturated heterocycles. The number of benzene rings is 1. The summed E-state index contributed by atoms with van der Waals surface area (Å²) in [6, 6.07) is 2.77. The molecule has 2 fully saturated rings. The summed E-state index contributed by atoms with van der Waals surface area (Å²) in [5.41, 5.74) is 6.42. The van der Waals surface area contributed by atoms with Crippen LogP contribution < -0.4 is 5.73 Å². The second-order valence-electron chi connectivity index (χ2n) is 6.20. The molecule has 2 N–H and O–H groups in total. The number of ether oxygens (including phenoxy) is 1. The highest BCUT2D eigenvalue weighted by atomic mass is 35.5. The summed E-state index contributed by atoms with van der Waals surface area (Å²) >= 11 is 11.9. The van der Waals surface area contributed by atoms with Gasteiger partial charge >= 0.3 is 0 Å². The van der Waals surface area contributed by atoms with Crippen LogP contribution in [0, 0.1) is 11.7 Å². The number of halogens is 3. The number of nitrogens with two attached hydrogens (primary N) is 1. The van der Waals surface area contributed by atoms with E-state index in [2.05, 4.69) is 0 Å². The minimum atomic E-state index is -0.542. The Morgan fingerprint density at radius 1 is 1.30 bits per heavy atom. The van der Waals surface area contributed by atoms with E-state index in [1.165, 1.54) is 12.1 Å². The minimum Gasteiger partial charge on any atom is -0.370 e. The third kappa shape index (κ3) is 3.63. The first-order valence-electron chi connectivity index (χ1n) is 7.76. The van der Waals surface area contributed by atoms with E-state index in [1.54, 1.807) is 4.90 Å². The molecule has 0 spiro atoms. The van der Waals surface area contributed by atoms with Gasteiger partial charge in [-0.3, -0.25) is 4.79 Å². The molecule has 0 unspecified atom stereocenters. The van der Waals surface area contributed by atoms with Gasteiger partial charge in [0.25, 0.3) is 0 Å². The Morgan fingerprint density at radius 3 is 2.78 bits per heavy atom. The fourth-order valence-corrected chi connectivity index (χ4v) is 3.83. The number of rotatable bonds is 2. The Labute approximate surface area is 144 Å². The number of hydrogen-bond donors (Lipinski definition) is 1. The topological polar surface area (TPSA) is 55.6 Å². The van der Waals surface area contributed by atoms with Crippen molar-refractivity contribution in [1.29, 1.82) is 0 Å². The van der Waals surface area contributed by atoms with Crippen molar-refractivity contribution in [2.75, 3.05) is 19.7 Å². The lowest BCUT2D eigenvalue weighted by molar-refractivity contribution is -0.143. The fraction of sp³-hybridized carbons (Fsp3) is 0.562. The highest BCUT2D eigenvalue weighted by molar-refractivity contribution is 6.35. The predicted molar refractivity (Wildman–Crippen MR) is 87.0 cm³/mol. The molecule has 0 radical (unpaired) electrons. The molecule has 4 nitrogen and oxygen atoms in total. The average Bonchev–Trinajstić information content (AvgIpc) is 2.97. The highest BCUT2D eigenvalue weighted by Gasteiger charge is 2.34. The van der Waals surface area contributed by atoms with Gasteiger partial charge in [-0.1, -0.05) is 23.2 Å². The summed E-state index contributed by atoms with van der Waals surface area (Å²) in [5, 5.41) is 0.320. The van der Waals surface area contributed by atoms with Crippen LogP contribution in [0.15, 0.2) is 12.1 Å². The zero-order valence-electron chi connectivity index (χ0n) is 12.6. The SMILES string of the molecule is N[C@@H]1CC[C@H](C(=O)N2CCO[C@@H](c3cc(F)c(Cl)cc3Cl)C2)C1. The lowest BCUT2D eigenvalue weighted by Crippen LogP contribution is -2.44. The molecule has 1 aliphatic heterocycles. The Kier molecular flexibility index (Phi) is 5.11. The maximum atomic E-state index is 13.7. The van der Waals surface area contributed by atoms with Gasteiger partial charge in [0.1, 0.15) is 11.9 Å². The quantitative estimate of drug-likeness (QED) is 0.824. The summed E-state index contributed by atoms with van der Waals surface area (Å²) < 4.78 is 19.4. The molecule has 0 aromatic heterocycles. The Bertz CT molecular complexity index is 614. The van der Waals surface area contributed by atoms with Gasteiger partial charge in [0, 0.05) is 29.1 Å². The largest absolute Gasteiger partial charge is 0.370 e. The first-order valence-corrected chi connectivity index (χ1v) is 8.51. The molecule has 23 heavy (non-hydrogen) atoms. The van der Waals surface area contributed by atoms with Gasteiger partial charge in [0.05, 0.1) is 18.2 Å². The lowest BCUT2D eigenvalue weighted by Gasteiger charge is -2.35. The van der Waals surface area contributed by atoms with Crippen LogP contribution in [0.4, 0.5) is 4.39 Å². The standard InChI is InChI=1S/C16H19Cl2FN2O2/c17-12-7-13(18)14(19)6-11(12)15-8-21(3-4-23-15)16(22)9-1-2-10(20)5-9/h6-7,9-10,15H,1-5,8,20H2/t9-,10+,15+/m0/s1. The van der Waals surface area contributed by atoms with Crippen molar-refractivity contribution in [1.82, 2.24) is 4.90 Å². The summed E-state index contributed by atoms with van der Waals surface area (Å²) in [6.07, 6.45) is 2.01. The number of amides is 1. The van der Waals surface area contributed by atoms with Crippen molar-refractivity contribution >= 4 is 29.1 Å². The van der Waals surface area contributed by atoms with E-state index in [4.69, 9.17) is 33.7 Å². The van der Waals surface area contributed by atoms with Gasteiger partial charge in [-0.15, -0.1) is 0 Å². The fourth-order valence-electron chi connectivity index (χ4n) is 3.32. The number of hydrogen-bond acceptors (Lipinski definition) is 3. The molecule has 1 aliphatic carbocycles. The van der Waals surface area contributed by atoms with Crippen molar-refractivity contribution in [3.05, 3.63) is 33.6 Å². The summed E-state index contributed by atoms with van der Waals surface area (Å²) in [7, 11) is 0. The summed E-state index contributed by atoms with van der Waals surface area (Å²) in [4.78, 5) is 14.4. The highest BCUT2D eigenvalue weighted by Crippen LogP contribution is 2.33. The molecule has 0 bridgehead atoms.